The summed E-state index contributed by atoms with van der Waals surface area (Å²) in [6.07, 6.45) is 0. The topological polar surface area (TPSA) is 54.4 Å². The molecular weight excluding hydrogens is 108 g/mol. The van der Waals surface area contributed by atoms with Gasteiger partial charge in [-0.15, -0.1) is 0 Å². The zero-order chi connectivity index (χ0) is 4.71. The van der Waals surface area contributed by atoms with Crippen molar-refractivity contribution in [2.45, 2.75) is 0 Å². The van der Waals surface area contributed by atoms with Crippen molar-refractivity contribution in [3.05, 3.63) is 0 Å². The predicted octanol–water partition coefficient (Wildman–Crippen LogP) is -0.632. The van der Waals surface area contributed by atoms with Gasteiger partial charge in [0.05, 0.1) is 0 Å². The molecule has 0 saturated carbocycles. The molecule has 1 N–H and O–H groups in total. The summed E-state index contributed by atoms with van der Waals surface area (Å²) in [4.78, 5) is 0. The second kappa shape index (κ2) is 28.2. The van der Waals surface area contributed by atoms with Crippen LogP contribution in [0.5, 0.6) is 0 Å². The molecule has 0 radical (unpaired) electrons. The first-order chi connectivity index (χ1) is 2.41. The average Bonchev–Trinajstić information content (AvgIpc) is 1.46. The molecule has 0 rings (SSSR count). The molecule has 0 atom stereocenters. The molecule has 0 aliphatic rings. The van der Waals surface area contributed by atoms with Gasteiger partial charge in [0.2, 0.25) is 0 Å². The van der Waals surface area contributed by atoms with Crippen molar-refractivity contribution in [2.24, 2.45) is 0 Å². The van der Waals surface area contributed by atoms with Crippen molar-refractivity contribution in [2.75, 3.05) is 7.11 Å². The SMILES string of the molecule is CO.[O]=[Ti]=[O]. The monoisotopic (exact) mass is 112 g/mol. The molecule has 0 unspecified atom stereocenters. The number of hydrogen-bond donors (Lipinski definition) is 1. The number of aliphatic hydroxyl groups is 1. The molecule has 0 fully saturated rings. The average molecular weight is 112 g/mol. The molecule has 0 aromatic carbocycles. The molecule has 0 heterocycles. The summed E-state index contributed by atoms with van der Waals surface area (Å²) >= 11 is -2.00. The van der Waals surface area contributed by atoms with Crippen molar-refractivity contribution >= 4 is 0 Å². The molecule has 0 aromatic rings. The molecule has 0 amide bonds. The molecule has 0 aliphatic carbocycles. The molecule has 3 nitrogen and oxygen atoms in total. The van der Waals surface area contributed by atoms with Crippen LogP contribution in [-0.4, -0.2) is 12.2 Å². The molecule has 4 heteroatoms. The van der Waals surface area contributed by atoms with Crippen molar-refractivity contribution in [1.82, 2.24) is 0 Å². The van der Waals surface area contributed by atoms with Crippen LogP contribution in [0.4, 0.5) is 0 Å². The van der Waals surface area contributed by atoms with Crippen LogP contribution in [-0.2, 0) is 25.7 Å². The van der Waals surface area contributed by atoms with Gasteiger partial charge in [-0.05, 0) is 0 Å². The second-order valence-electron chi connectivity index (χ2n) is 0.0833. The first kappa shape index (κ1) is 8.99. The summed E-state index contributed by atoms with van der Waals surface area (Å²) in [6.45, 7) is 0. The van der Waals surface area contributed by atoms with Crippen molar-refractivity contribution in [1.29, 1.82) is 0 Å². The van der Waals surface area contributed by atoms with E-state index in [0.717, 1.165) is 7.11 Å². The van der Waals surface area contributed by atoms with Gasteiger partial charge >= 0.3 is 25.7 Å². The molecule has 0 bridgehead atoms. The third kappa shape index (κ3) is 294. The van der Waals surface area contributed by atoms with E-state index in [-0.39, 0.29) is 0 Å². The van der Waals surface area contributed by atoms with Crippen LogP contribution < -0.4 is 0 Å². The summed E-state index contributed by atoms with van der Waals surface area (Å²) in [6, 6.07) is 0. The third-order valence-corrected chi connectivity index (χ3v) is 0. The van der Waals surface area contributed by atoms with Crippen LogP contribution in [0, 0.1) is 0 Å². The fraction of sp³-hybridized carbons (Fsp3) is 1.00. The summed E-state index contributed by atoms with van der Waals surface area (Å²) in [5.41, 5.74) is 0. The quantitative estimate of drug-likeness (QED) is 0.424. The van der Waals surface area contributed by atoms with E-state index in [9.17, 15) is 0 Å². The van der Waals surface area contributed by atoms with Crippen LogP contribution in [0.3, 0.4) is 0 Å². The second-order valence-corrected chi connectivity index (χ2v) is 0.344. The van der Waals surface area contributed by atoms with E-state index >= 15 is 0 Å². The van der Waals surface area contributed by atoms with Crippen LogP contribution in [0.15, 0.2) is 0 Å². The van der Waals surface area contributed by atoms with Gasteiger partial charge in [0, 0.05) is 7.11 Å². The number of hydrogen-bond acceptors (Lipinski definition) is 3. The summed E-state index contributed by atoms with van der Waals surface area (Å²) in [7, 11) is 1.00. The number of rotatable bonds is 0. The van der Waals surface area contributed by atoms with E-state index in [1.165, 1.54) is 0 Å². The Morgan fingerprint density at radius 2 is 1.40 bits per heavy atom. The predicted molar refractivity (Wildman–Crippen MR) is 9.52 cm³/mol. The van der Waals surface area contributed by atoms with E-state index in [2.05, 4.69) is 0 Å². The van der Waals surface area contributed by atoms with Gasteiger partial charge in [0.25, 0.3) is 0 Å². The fourth-order valence-electron chi connectivity index (χ4n) is 0. The van der Waals surface area contributed by atoms with Gasteiger partial charge in [-0.2, -0.15) is 0 Å². The molecule has 30 valence electrons. The zero-order valence-electron chi connectivity index (χ0n) is 2.76. The first-order valence-corrected chi connectivity index (χ1v) is 2.13. The van der Waals surface area contributed by atoms with Gasteiger partial charge in [0.15, 0.2) is 0 Å². The van der Waals surface area contributed by atoms with E-state index in [1.807, 2.05) is 0 Å². The summed E-state index contributed by atoms with van der Waals surface area (Å²) < 4.78 is 17.0. The minimum atomic E-state index is -2.00. The Morgan fingerprint density at radius 1 is 1.40 bits per heavy atom. The van der Waals surface area contributed by atoms with Crippen molar-refractivity contribution < 1.29 is 30.8 Å². The van der Waals surface area contributed by atoms with Gasteiger partial charge < -0.3 is 5.11 Å². The molecule has 0 saturated heterocycles. The molecule has 0 aromatic heterocycles. The van der Waals surface area contributed by atoms with Gasteiger partial charge in [-0.25, -0.2) is 0 Å². The van der Waals surface area contributed by atoms with Crippen molar-refractivity contribution in [3.8, 4) is 0 Å². The summed E-state index contributed by atoms with van der Waals surface area (Å²) in [5.74, 6) is 0. The zero-order valence-corrected chi connectivity index (χ0v) is 4.33. The minimum absolute atomic E-state index is 1.00. The van der Waals surface area contributed by atoms with Gasteiger partial charge in [0.1, 0.15) is 0 Å². The van der Waals surface area contributed by atoms with E-state index in [0.29, 0.717) is 0 Å². The van der Waals surface area contributed by atoms with Crippen LogP contribution in [0.1, 0.15) is 0 Å². The van der Waals surface area contributed by atoms with E-state index in [1.54, 1.807) is 0 Å². The Balaban J connectivity index is 0. The standard InChI is InChI=1S/CH4O.2O.Ti/c1-2;;;/h2H,1H3;;;. The van der Waals surface area contributed by atoms with E-state index < -0.39 is 19.1 Å². The third-order valence-electron chi connectivity index (χ3n) is 0. The van der Waals surface area contributed by atoms with Gasteiger partial charge in [-0.1, -0.05) is 0 Å². The normalized spacial score (nSPS) is 2.80. The fourth-order valence-corrected chi connectivity index (χ4v) is 0. The van der Waals surface area contributed by atoms with Gasteiger partial charge in [-0.3, -0.25) is 0 Å². The molecular formula is CH4O3Ti. The first-order valence-electron chi connectivity index (χ1n) is 0.855. The van der Waals surface area contributed by atoms with E-state index in [4.69, 9.17) is 11.8 Å². The molecule has 5 heavy (non-hydrogen) atoms. The summed E-state index contributed by atoms with van der Waals surface area (Å²) in [5, 5.41) is 7.00. The van der Waals surface area contributed by atoms with Crippen molar-refractivity contribution in [3.63, 3.8) is 0 Å². The Bertz CT molecular complexity index is 27.9. The van der Waals surface area contributed by atoms with Crippen LogP contribution in [0.25, 0.3) is 0 Å². The maximum absolute atomic E-state index is 8.50. The Labute approximate surface area is 38.6 Å². The Kier molecular flexibility index (Phi) is 50.7. The van der Waals surface area contributed by atoms with Crippen LogP contribution >= 0.6 is 0 Å². The molecule has 0 aliphatic heterocycles. The number of aliphatic hydroxyl groups excluding tert-OH is 1. The van der Waals surface area contributed by atoms with Crippen LogP contribution in [0.2, 0.25) is 0 Å². The maximum atomic E-state index is 8.50. The Morgan fingerprint density at radius 3 is 1.40 bits per heavy atom. The Hall–Kier alpha value is 0.274. The molecule has 0 spiro atoms.